The second-order valence-electron chi connectivity index (χ2n) is 6.37. The summed E-state index contributed by atoms with van der Waals surface area (Å²) in [6.45, 7) is 4.01. The molecule has 0 spiro atoms. The maximum Gasteiger partial charge on any atom is 0.282 e. The molecule has 10 heteroatoms. The Balaban J connectivity index is 2.00. The molecule has 0 saturated carbocycles. The Kier molecular flexibility index (Phi) is 7.08. The van der Waals surface area contributed by atoms with Crippen LogP contribution in [0.25, 0.3) is 0 Å². The monoisotopic (exact) mass is 381 g/mol. The molecular weight excluding hydrogens is 356 g/mol. The van der Waals surface area contributed by atoms with Crippen LogP contribution in [0.2, 0.25) is 0 Å². The minimum Gasteiger partial charge on any atom is -0.495 e. The molecule has 1 saturated heterocycles. The number of ether oxygens (including phenoxy) is 2. The molecule has 2 N–H and O–H groups in total. The first kappa shape index (κ1) is 20.6. The van der Waals surface area contributed by atoms with E-state index < -0.39 is 11.0 Å². The number of methoxy groups -OCH3 is 1. The summed E-state index contributed by atoms with van der Waals surface area (Å²) < 4.78 is 10.4. The van der Waals surface area contributed by atoms with Crippen LogP contribution in [0.1, 0.15) is 6.92 Å². The average Bonchev–Trinajstić information content (AvgIpc) is 2.67. The van der Waals surface area contributed by atoms with Gasteiger partial charge >= 0.3 is 0 Å². The Bertz CT molecular complexity index is 705. The summed E-state index contributed by atoms with van der Waals surface area (Å²) in [7, 11) is 3.17. The van der Waals surface area contributed by atoms with E-state index in [1.54, 1.807) is 18.9 Å². The largest absolute Gasteiger partial charge is 0.495 e. The third-order valence-corrected chi connectivity index (χ3v) is 4.58. The van der Waals surface area contributed by atoms with Crippen molar-refractivity contribution in [2.45, 2.75) is 13.0 Å². The number of amides is 2. The summed E-state index contributed by atoms with van der Waals surface area (Å²) in [5.74, 6) is -0.0762. The van der Waals surface area contributed by atoms with Gasteiger partial charge in [-0.05, 0) is 13.0 Å². The van der Waals surface area contributed by atoms with Crippen LogP contribution >= 0.6 is 0 Å². The van der Waals surface area contributed by atoms with Crippen molar-refractivity contribution >= 4 is 23.2 Å². The molecular formula is C17H25N4O6+. The Morgan fingerprint density at radius 3 is 2.67 bits per heavy atom. The van der Waals surface area contributed by atoms with E-state index in [2.05, 4.69) is 5.32 Å². The molecule has 2 rings (SSSR count). The zero-order chi connectivity index (χ0) is 20.0. The fraction of sp³-hybridized carbons (Fsp3) is 0.529. The van der Waals surface area contributed by atoms with Crippen molar-refractivity contribution in [1.29, 1.82) is 0 Å². The first-order valence-corrected chi connectivity index (χ1v) is 8.64. The average molecular weight is 381 g/mol. The zero-order valence-corrected chi connectivity index (χ0v) is 15.7. The maximum absolute atomic E-state index is 12.6. The number of benzene rings is 1. The molecule has 1 aromatic carbocycles. The highest BCUT2D eigenvalue weighted by atomic mass is 16.6. The lowest BCUT2D eigenvalue weighted by Crippen LogP contribution is -3.15. The number of nitrogens with zero attached hydrogens (tertiary/aromatic N) is 2. The lowest BCUT2D eigenvalue weighted by atomic mass is 10.2. The van der Waals surface area contributed by atoms with Gasteiger partial charge in [-0.3, -0.25) is 19.7 Å². The summed E-state index contributed by atoms with van der Waals surface area (Å²) in [5, 5.41) is 13.6. The molecule has 0 aliphatic carbocycles. The second kappa shape index (κ2) is 9.28. The Morgan fingerprint density at radius 1 is 1.41 bits per heavy atom. The third-order valence-electron chi connectivity index (χ3n) is 4.58. The smallest absolute Gasteiger partial charge is 0.282 e. The van der Waals surface area contributed by atoms with Gasteiger partial charge in [0.15, 0.2) is 12.6 Å². The van der Waals surface area contributed by atoms with Gasteiger partial charge in [-0.1, -0.05) is 0 Å². The van der Waals surface area contributed by atoms with Crippen molar-refractivity contribution in [2.24, 2.45) is 0 Å². The number of rotatable bonds is 7. The number of nitro groups is 1. The molecule has 2 atom stereocenters. The molecule has 1 fully saturated rings. The predicted molar refractivity (Wildman–Crippen MR) is 96.9 cm³/mol. The Morgan fingerprint density at radius 2 is 2.07 bits per heavy atom. The zero-order valence-electron chi connectivity index (χ0n) is 15.7. The molecule has 10 nitrogen and oxygen atoms in total. The van der Waals surface area contributed by atoms with Crippen molar-refractivity contribution < 1.29 is 28.9 Å². The van der Waals surface area contributed by atoms with E-state index in [9.17, 15) is 19.7 Å². The van der Waals surface area contributed by atoms with Crippen LogP contribution in [-0.4, -0.2) is 74.7 Å². The van der Waals surface area contributed by atoms with Crippen molar-refractivity contribution in [2.75, 3.05) is 52.3 Å². The number of carbonyl (C=O) groups excluding carboxylic acids is 2. The molecule has 1 unspecified atom stereocenters. The van der Waals surface area contributed by atoms with E-state index in [1.807, 2.05) is 0 Å². The summed E-state index contributed by atoms with van der Waals surface area (Å²) in [4.78, 5) is 37.7. The quantitative estimate of drug-likeness (QED) is 0.477. The summed E-state index contributed by atoms with van der Waals surface area (Å²) >= 11 is 0. The predicted octanol–water partition coefficient (Wildman–Crippen LogP) is -0.696. The van der Waals surface area contributed by atoms with E-state index in [4.69, 9.17) is 9.47 Å². The van der Waals surface area contributed by atoms with Gasteiger partial charge in [0, 0.05) is 25.2 Å². The van der Waals surface area contributed by atoms with Gasteiger partial charge in [0.2, 0.25) is 0 Å². The van der Waals surface area contributed by atoms with Crippen molar-refractivity contribution in [3.8, 4) is 5.75 Å². The highest BCUT2D eigenvalue weighted by Gasteiger charge is 2.27. The number of anilines is 1. The lowest BCUT2D eigenvalue weighted by molar-refractivity contribution is -0.886. The molecule has 0 aromatic heterocycles. The van der Waals surface area contributed by atoms with E-state index in [1.165, 1.54) is 25.3 Å². The van der Waals surface area contributed by atoms with E-state index in [0.29, 0.717) is 37.0 Å². The van der Waals surface area contributed by atoms with Crippen LogP contribution < -0.4 is 15.0 Å². The number of hydrogen-bond acceptors (Lipinski definition) is 6. The first-order chi connectivity index (χ1) is 12.8. The summed E-state index contributed by atoms with van der Waals surface area (Å²) in [6, 6.07) is 3.43. The van der Waals surface area contributed by atoms with Gasteiger partial charge in [0.05, 0.1) is 38.0 Å². The number of quaternary nitrogens is 1. The van der Waals surface area contributed by atoms with E-state index in [0.717, 1.165) is 0 Å². The second-order valence-corrected chi connectivity index (χ2v) is 6.37. The molecule has 2 amide bonds. The number of carbonyl (C=O) groups is 2. The van der Waals surface area contributed by atoms with Crippen LogP contribution in [-0.2, 0) is 14.3 Å². The van der Waals surface area contributed by atoms with E-state index >= 15 is 0 Å². The molecule has 148 valence electrons. The fourth-order valence-corrected chi connectivity index (χ4v) is 2.69. The van der Waals surface area contributed by atoms with Gasteiger partial charge in [0.25, 0.3) is 17.5 Å². The highest BCUT2D eigenvalue weighted by Crippen LogP contribution is 2.28. The van der Waals surface area contributed by atoms with Gasteiger partial charge in [-0.15, -0.1) is 0 Å². The van der Waals surface area contributed by atoms with Crippen molar-refractivity contribution in [3.05, 3.63) is 28.3 Å². The summed E-state index contributed by atoms with van der Waals surface area (Å²) in [6.07, 6.45) is 0. The number of non-ortho nitro benzene ring substituents is 1. The molecule has 1 aliphatic heterocycles. The van der Waals surface area contributed by atoms with Gasteiger partial charge in [-0.2, -0.15) is 0 Å². The Labute approximate surface area is 157 Å². The van der Waals surface area contributed by atoms with Crippen LogP contribution in [0.5, 0.6) is 5.75 Å². The molecule has 1 aromatic rings. The number of nitrogens with one attached hydrogen (secondary N) is 2. The van der Waals surface area contributed by atoms with Crippen molar-refractivity contribution in [3.63, 3.8) is 0 Å². The van der Waals surface area contributed by atoms with Crippen molar-refractivity contribution in [1.82, 2.24) is 4.90 Å². The molecule has 1 heterocycles. The number of nitro benzene ring substituents is 1. The molecule has 0 radical (unpaired) electrons. The standard InChI is InChI=1S/C17H24N4O6/c1-12(19(2)11-16(22)20-6-8-27-9-7-20)17(23)18-14-10-13(21(24)25)4-5-15(14)26-3/h4-5,10,12H,6-9,11H2,1-3H3,(H,18,23)/p+1/t12-/m1/s1. The maximum atomic E-state index is 12.6. The van der Waals surface area contributed by atoms with E-state index in [-0.39, 0.29) is 29.7 Å². The summed E-state index contributed by atoms with van der Waals surface area (Å²) in [5.41, 5.74) is 0.0674. The minimum atomic E-state index is -0.545. The number of morpholine rings is 1. The van der Waals surface area contributed by atoms with Crippen LogP contribution in [0.3, 0.4) is 0 Å². The van der Waals surface area contributed by atoms with Crippen LogP contribution in [0, 0.1) is 10.1 Å². The molecule has 0 bridgehead atoms. The van der Waals surface area contributed by atoms with Gasteiger partial charge < -0.3 is 24.6 Å². The fourth-order valence-electron chi connectivity index (χ4n) is 2.69. The SMILES string of the molecule is COc1ccc([N+](=O)[O-])cc1NC(=O)[C@@H](C)[NH+](C)CC(=O)N1CCOCC1. The topological polar surface area (TPSA) is 115 Å². The van der Waals surface area contributed by atoms with Gasteiger partial charge in [-0.25, -0.2) is 0 Å². The number of hydrogen-bond donors (Lipinski definition) is 2. The van der Waals surface area contributed by atoms with Gasteiger partial charge in [0.1, 0.15) is 5.75 Å². The number of likely N-dealkylation sites (N-methyl/N-ethyl adjacent to an activating group) is 1. The Hall–Kier alpha value is -2.72. The third kappa shape index (κ3) is 5.38. The first-order valence-electron chi connectivity index (χ1n) is 8.64. The van der Waals surface area contributed by atoms with Crippen LogP contribution in [0.4, 0.5) is 11.4 Å². The minimum absolute atomic E-state index is 0.0385. The molecule has 1 aliphatic rings. The van der Waals surface area contributed by atoms with Crippen LogP contribution in [0.15, 0.2) is 18.2 Å². The molecule has 27 heavy (non-hydrogen) atoms. The lowest BCUT2D eigenvalue weighted by Gasteiger charge is -2.28. The normalized spacial score (nSPS) is 16.3. The highest BCUT2D eigenvalue weighted by molar-refractivity contribution is 5.95.